The van der Waals surface area contributed by atoms with Gasteiger partial charge in [-0.2, -0.15) is 0 Å². The summed E-state index contributed by atoms with van der Waals surface area (Å²) in [5, 5.41) is 0. The van der Waals surface area contributed by atoms with E-state index in [2.05, 4.69) is 29.3 Å². The van der Waals surface area contributed by atoms with Crippen LogP contribution >= 0.6 is 0 Å². The Morgan fingerprint density at radius 1 is 1.00 bits per heavy atom. The highest BCUT2D eigenvalue weighted by Gasteiger charge is 2.17. The average Bonchev–Trinajstić information content (AvgIpc) is 2.82. The SMILES string of the molecule is BOc1ccccc1C1=Nc2ccccc2C1. The first-order valence-corrected chi connectivity index (χ1v) is 5.67. The molecule has 1 aliphatic rings. The van der Waals surface area contributed by atoms with Crippen LogP contribution in [0.15, 0.2) is 53.5 Å². The molecule has 0 unspecified atom stereocenters. The molecule has 0 bridgehead atoms. The predicted molar refractivity (Wildman–Crippen MR) is 72.0 cm³/mol. The summed E-state index contributed by atoms with van der Waals surface area (Å²) in [6, 6.07) is 16.3. The van der Waals surface area contributed by atoms with E-state index >= 15 is 0 Å². The second-order valence-electron chi connectivity index (χ2n) is 4.06. The van der Waals surface area contributed by atoms with Crippen molar-refractivity contribution in [1.82, 2.24) is 0 Å². The predicted octanol–water partition coefficient (Wildman–Crippen LogP) is 2.29. The Kier molecular flexibility index (Phi) is 2.44. The van der Waals surface area contributed by atoms with Crippen molar-refractivity contribution in [3.05, 3.63) is 59.7 Å². The maximum Gasteiger partial charge on any atom is 0.322 e. The molecule has 0 saturated heterocycles. The van der Waals surface area contributed by atoms with Crippen molar-refractivity contribution >= 4 is 19.4 Å². The van der Waals surface area contributed by atoms with Gasteiger partial charge >= 0.3 is 8.05 Å². The molecule has 0 N–H and O–H groups in total. The van der Waals surface area contributed by atoms with E-state index in [-0.39, 0.29) is 0 Å². The van der Waals surface area contributed by atoms with Crippen LogP contribution in [-0.4, -0.2) is 13.8 Å². The molecule has 2 nitrogen and oxygen atoms in total. The van der Waals surface area contributed by atoms with Gasteiger partial charge in [0.2, 0.25) is 0 Å². The number of hydrogen-bond donors (Lipinski definition) is 0. The molecule has 0 aliphatic carbocycles. The van der Waals surface area contributed by atoms with Gasteiger partial charge in [-0.05, 0) is 23.8 Å². The third-order valence-corrected chi connectivity index (χ3v) is 3.02. The Labute approximate surface area is 101 Å². The molecule has 82 valence electrons. The van der Waals surface area contributed by atoms with E-state index in [1.165, 1.54) is 5.56 Å². The summed E-state index contributed by atoms with van der Waals surface area (Å²) < 4.78 is 5.38. The van der Waals surface area contributed by atoms with Crippen LogP contribution in [0.3, 0.4) is 0 Å². The average molecular weight is 221 g/mol. The van der Waals surface area contributed by atoms with Crippen LogP contribution in [0.5, 0.6) is 5.75 Å². The van der Waals surface area contributed by atoms with E-state index in [1.54, 1.807) is 8.05 Å². The molecule has 1 heterocycles. The van der Waals surface area contributed by atoms with Crippen molar-refractivity contribution < 1.29 is 4.65 Å². The Morgan fingerprint density at radius 2 is 1.76 bits per heavy atom. The smallest absolute Gasteiger partial charge is 0.322 e. The van der Waals surface area contributed by atoms with Crippen LogP contribution < -0.4 is 4.65 Å². The first-order valence-electron chi connectivity index (χ1n) is 5.67. The maximum absolute atomic E-state index is 5.38. The Morgan fingerprint density at radius 3 is 2.59 bits per heavy atom. The van der Waals surface area contributed by atoms with Gasteiger partial charge in [0.15, 0.2) is 0 Å². The topological polar surface area (TPSA) is 21.6 Å². The first kappa shape index (κ1) is 10.1. The normalized spacial score (nSPS) is 13.1. The van der Waals surface area contributed by atoms with Gasteiger partial charge in [0.25, 0.3) is 0 Å². The van der Waals surface area contributed by atoms with E-state index < -0.39 is 0 Å². The van der Waals surface area contributed by atoms with Crippen LogP contribution in [0, 0.1) is 0 Å². The van der Waals surface area contributed by atoms with Gasteiger partial charge in [-0.25, -0.2) is 0 Å². The van der Waals surface area contributed by atoms with E-state index in [1.807, 2.05) is 24.3 Å². The molecule has 2 aromatic rings. The van der Waals surface area contributed by atoms with Gasteiger partial charge in [-0.15, -0.1) is 0 Å². The molecular formula is C14H12BNO. The number of aliphatic imine (C=N–C) groups is 1. The van der Waals surface area contributed by atoms with Crippen LogP contribution in [0.2, 0.25) is 0 Å². The van der Waals surface area contributed by atoms with Crippen LogP contribution in [-0.2, 0) is 6.42 Å². The van der Waals surface area contributed by atoms with Crippen LogP contribution in [0.25, 0.3) is 0 Å². The molecule has 0 saturated carbocycles. The molecule has 0 fully saturated rings. The third-order valence-electron chi connectivity index (χ3n) is 3.02. The van der Waals surface area contributed by atoms with Gasteiger partial charge in [-0.3, -0.25) is 4.99 Å². The lowest BCUT2D eigenvalue weighted by atomic mass is 10.0. The number of benzene rings is 2. The molecule has 3 rings (SSSR count). The quantitative estimate of drug-likeness (QED) is 0.713. The lowest BCUT2D eigenvalue weighted by molar-refractivity contribution is 0.614. The molecule has 1 aliphatic heterocycles. The summed E-state index contributed by atoms with van der Waals surface area (Å²) in [4.78, 5) is 4.67. The third kappa shape index (κ3) is 1.74. The fourth-order valence-electron chi connectivity index (χ4n) is 2.17. The van der Waals surface area contributed by atoms with Crippen molar-refractivity contribution in [2.75, 3.05) is 0 Å². The molecule has 2 aromatic carbocycles. The number of fused-ring (bicyclic) bond motifs is 1. The summed E-state index contributed by atoms with van der Waals surface area (Å²) in [5.74, 6) is 0.888. The molecule has 0 spiro atoms. The fraction of sp³-hybridized carbons (Fsp3) is 0.0714. The summed E-state index contributed by atoms with van der Waals surface area (Å²) >= 11 is 0. The summed E-state index contributed by atoms with van der Waals surface area (Å²) in [7, 11) is 1.70. The van der Waals surface area contributed by atoms with E-state index in [0.717, 1.165) is 29.1 Å². The van der Waals surface area contributed by atoms with Gasteiger partial charge < -0.3 is 4.65 Å². The minimum absolute atomic E-state index is 0.885. The minimum Gasteiger partial charge on any atom is -0.567 e. The Bertz CT molecular complexity index is 592. The zero-order valence-electron chi connectivity index (χ0n) is 9.68. The zero-order chi connectivity index (χ0) is 11.7. The van der Waals surface area contributed by atoms with Gasteiger partial charge in [0.05, 0.1) is 11.4 Å². The molecule has 17 heavy (non-hydrogen) atoms. The van der Waals surface area contributed by atoms with E-state index in [9.17, 15) is 0 Å². The summed E-state index contributed by atoms with van der Waals surface area (Å²) in [6.07, 6.45) is 0.885. The van der Waals surface area contributed by atoms with Crippen molar-refractivity contribution in [2.24, 2.45) is 4.99 Å². The highest BCUT2D eigenvalue weighted by atomic mass is 16.4. The number of rotatable bonds is 2. The molecule has 0 radical (unpaired) electrons. The van der Waals surface area contributed by atoms with Gasteiger partial charge in [0.1, 0.15) is 5.75 Å². The molecule has 3 heteroatoms. The molecule has 0 amide bonds. The van der Waals surface area contributed by atoms with E-state index in [0.29, 0.717) is 0 Å². The standard InChI is InChI=1S/C14H12BNO/c15-17-14-8-4-2-6-11(14)13-9-10-5-1-3-7-12(10)16-13/h1-8H,9,15H2. The lowest BCUT2D eigenvalue weighted by Gasteiger charge is -2.07. The maximum atomic E-state index is 5.38. The second-order valence-corrected chi connectivity index (χ2v) is 4.06. The van der Waals surface area contributed by atoms with Crippen molar-refractivity contribution in [2.45, 2.75) is 6.42 Å². The number of hydrogen-bond acceptors (Lipinski definition) is 2. The fourth-order valence-corrected chi connectivity index (χ4v) is 2.17. The Hall–Kier alpha value is -2.03. The van der Waals surface area contributed by atoms with Gasteiger partial charge in [0, 0.05) is 12.0 Å². The first-order chi connectivity index (χ1) is 8.38. The van der Waals surface area contributed by atoms with Crippen molar-refractivity contribution in [3.8, 4) is 5.75 Å². The van der Waals surface area contributed by atoms with E-state index in [4.69, 9.17) is 4.65 Å². The Balaban J connectivity index is 2.04. The highest BCUT2D eigenvalue weighted by Crippen LogP contribution is 2.31. The van der Waals surface area contributed by atoms with Gasteiger partial charge in [-0.1, -0.05) is 30.3 Å². The zero-order valence-corrected chi connectivity index (χ0v) is 9.68. The molecule has 0 atom stereocenters. The highest BCUT2D eigenvalue weighted by molar-refractivity contribution is 6.09. The summed E-state index contributed by atoms with van der Waals surface area (Å²) in [5.41, 5.74) is 4.54. The largest absolute Gasteiger partial charge is 0.567 e. The van der Waals surface area contributed by atoms with Crippen molar-refractivity contribution in [1.29, 1.82) is 0 Å². The number of nitrogens with zero attached hydrogens (tertiary/aromatic N) is 1. The summed E-state index contributed by atoms with van der Waals surface area (Å²) in [6.45, 7) is 0. The number of para-hydroxylation sites is 2. The van der Waals surface area contributed by atoms with Crippen LogP contribution in [0.1, 0.15) is 11.1 Å². The molecular weight excluding hydrogens is 209 g/mol. The second kappa shape index (κ2) is 4.09. The minimum atomic E-state index is 0.885. The van der Waals surface area contributed by atoms with Crippen LogP contribution in [0.4, 0.5) is 5.69 Å². The molecule has 0 aromatic heterocycles. The van der Waals surface area contributed by atoms with Crippen molar-refractivity contribution in [3.63, 3.8) is 0 Å². The monoisotopic (exact) mass is 221 g/mol. The lowest BCUT2D eigenvalue weighted by Crippen LogP contribution is -2.03.